The smallest absolute Gasteiger partial charge is 0.259 e. The number of hydrogen-bond donors (Lipinski definition) is 1. The normalized spacial score (nSPS) is 14.4. The second kappa shape index (κ2) is 6.07. The van der Waals surface area contributed by atoms with Crippen LogP contribution >= 0.6 is 0 Å². The van der Waals surface area contributed by atoms with E-state index in [1.807, 2.05) is 13.8 Å². The van der Waals surface area contributed by atoms with Gasteiger partial charge >= 0.3 is 0 Å². The Morgan fingerprint density at radius 3 is 2.83 bits per heavy atom. The Kier molecular flexibility index (Phi) is 4.11. The van der Waals surface area contributed by atoms with Crippen LogP contribution in [0, 0.1) is 6.92 Å². The molecule has 0 spiro atoms. The Bertz CT molecular complexity index is 749. The highest BCUT2D eigenvalue weighted by molar-refractivity contribution is 5.97. The van der Waals surface area contributed by atoms with Crippen LogP contribution < -0.4 is 10.1 Å². The van der Waals surface area contributed by atoms with E-state index in [1.54, 1.807) is 18.8 Å². The number of nitrogens with zero attached hydrogens (tertiary/aromatic N) is 2. The van der Waals surface area contributed by atoms with Crippen LogP contribution in [-0.2, 0) is 19.9 Å². The molecule has 1 aromatic heterocycles. The number of fused-ring (bicyclic) bond motifs is 1. The number of hydrogen-bond acceptors (Lipinski definition) is 3. The summed E-state index contributed by atoms with van der Waals surface area (Å²) >= 11 is 0. The number of rotatable bonds is 4. The molecule has 0 saturated heterocycles. The van der Waals surface area contributed by atoms with E-state index >= 15 is 0 Å². The van der Waals surface area contributed by atoms with Gasteiger partial charge in [-0.25, -0.2) is 4.68 Å². The van der Waals surface area contributed by atoms with Gasteiger partial charge < -0.3 is 10.1 Å². The number of ether oxygens (including phenoxy) is 1. The summed E-state index contributed by atoms with van der Waals surface area (Å²) in [6.45, 7) is 3.82. The van der Waals surface area contributed by atoms with Gasteiger partial charge in [-0.15, -0.1) is 0 Å². The zero-order valence-corrected chi connectivity index (χ0v) is 14.1. The maximum Gasteiger partial charge on any atom is 0.259 e. The molecule has 0 bridgehead atoms. The summed E-state index contributed by atoms with van der Waals surface area (Å²) in [6, 6.07) is 6.47. The third-order valence-electron chi connectivity index (χ3n) is 4.56. The molecule has 0 saturated carbocycles. The van der Waals surface area contributed by atoms with Crippen molar-refractivity contribution in [3.8, 4) is 5.88 Å². The van der Waals surface area contributed by atoms with Gasteiger partial charge in [-0.05, 0) is 49.8 Å². The number of nitrogens with one attached hydrogen (secondary N) is 1. The number of carbonyl (C=O) groups excluding carboxylic acids is 1. The quantitative estimate of drug-likeness (QED) is 0.944. The number of methoxy groups -OCH3 is 1. The summed E-state index contributed by atoms with van der Waals surface area (Å²) in [7, 11) is 3.32. The lowest BCUT2D eigenvalue weighted by Gasteiger charge is -2.16. The average Bonchev–Trinajstić information content (AvgIpc) is 3.09. The third kappa shape index (κ3) is 2.83. The van der Waals surface area contributed by atoms with Crippen molar-refractivity contribution < 1.29 is 9.53 Å². The summed E-state index contributed by atoms with van der Waals surface area (Å²) < 4.78 is 6.89. The van der Waals surface area contributed by atoms with Gasteiger partial charge in [-0.3, -0.25) is 4.79 Å². The van der Waals surface area contributed by atoms with Crippen LogP contribution in [0.4, 0.5) is 0 Å². The van der Waals surface area contributed by atoms with E-state index in [0.29, 0.717) is 17.1 Å². The first-order valence-electron chi connectivity index (χ1n) is 8.01. The molecule has 1 aliphatic rings. The van der Waals surface area contributed by atoms with Crippen LogP contribution in [-0.4, -0.2) is 22.8 Å². The van der Waals surface area contributed by atoms with Crippen LogP contribution in [0.3, 0.4) is 0 Å². The fourth-order valence-corrected chi connectivity index (χ4v) is 3.35. The van der Waals surface area contributed by atoms with E-state index in [2.05, 4.69) is 28.6 Å². The van der Waals surface area contributed by atoms with Crippen LogP contribution in [0.1, 0.15) is 52.1 Å². The zero-order valence-electron chi connectivity index (χ0n) is 14.1. The maximum atomic E-state index is 12.6. The molecule has 0 aliphatic heterocycles. The topological polar surface area (TPSA) is 56.1 Å². The highest BCUT2D eigenvalue weighted by Crippen LogP contribution is 2.26. The number of benzene rings is 1. The number of amides is 1. The molecule has 23 heavy (non-hydrogen) atoms. The van der Waals surface area contributed by atoms with Crippen molar-refractivity contribution in [3.05, 3.63) is 46.1 Å². The van der Waals surface area contributed by atoms with Gasteiger partial charge in [0.1, 0.15) is 5.56 Å². The first kappa shape index (κ1) is 15.6. The Morgan fingerprint density at radius 1 is 1.35 bits per heavy atom. The maximum absolute atomic E-state index is 12.6. The minimum Gasteiger partial charge on any atom is -0.481 e. The number of aromatic nitrogens is 2. The molecule has 0 fully saturated rings. The van der Waals surface area contributed by atoms with Crippen molar-refractivity contribution >= 4 is 5.91 Å². The minimum absolute atomic E-state index is 0.0577. The van der Waals surface area contributed by atoms with Crippen molar-refractivity contribution in [2.75, 3.05) is 7.11 Å². The molecule has 1 atom stereocenters. The summed E-state index contributed by atoms with van der Waals surface area (Å²) in [4.78, 5) is 12.6. The molecular weight excluding hydrogens is 290 g/mol. The fourth-order valence-electron chi connectivity index (χ4n) is 3.35. The van der Waals surface area contributed by atoms with Crippen molar-refractivity contribution in [1.82, 2.24) is 15.1 Å². The predicted octanol–water partition coefficient (Wildman–Crippen LogP) is 2.72. The molecule has 2 aromatic rings. The summed E-state index contributed by atoms with van der Waals surface area (Å²) in [6.07, 6.45) is 3.54. The first-order valence-corrected chi connectivity index (χ1v) is 8.01. The lowest BCUT2D eigenvalue weighted by Crippen LogP contribution is -2.27. The minimum atomic E-state index is -0.152. The lowest BCUT2D eigenvalue weighted by molar-refractivity contribution is 0.0936. The molecule has 0 unspecified atom stereocenters. The van der Waals surface area contributed by atoms with E-state index in [1.165, 1.54) is 24.0 Å². The molecule has 3 rings (SSSR count). The highest BCUT2D eigenvalue weighted by atomic mass is 16.5. The monoisotopic (exact) mass is 313 g/mol. The molecule has 5 nitrogen and oxygen atoms in total. The van der Waals surface area contributed by atoms with Gasteiger partial charge in [0.15, 0.2) is 0 Å². The third-order valence-corrected chi connectivity index (χ3v) is 4.56. The SMILES string of the molecule is COc1c(C(=O)N[C@@H](C)c2ccc3c(c2)CCC3)c(C)nn1C. The van der Waals surface area contributed by atoms with Crippen molar-refractivity contribution in [2.24, 2.45) is 7.05 Å². The van der Waals surface area contributed by atoms with Gasteiger partial charge in [-0.2, -0.15) is 5.10 Å². The predicted molar refractivity (Wildman–Crippen MR) is 88.8 cm³/mol. The molecule has 1 amide bonds. The fraction of sp³-hybridized carbons (Fsp3) is 0.444. The number of carbonyl (C=O) groups is 1. The Hall–Kier alpha value is -2.30. The lowest BCUT2D eigenvalue weighted by atomic mass is 10.0. The van der Waals surface area contributed by atoms with Crippen LogP contribution in [0.2, 0.25) is 0 Å². The van der Waals surface area contributed by atoms with E-state index in [0.717, 1.165) is 12.0 Å². The number of aryl methyl sites for hydroxylation is 4. The second-order valence-electron chi connectivity index (χ2n) is 6.17. The highest BCUT2D eigenvalue weighted by Gasteiger charge is 2.23. The molecule has 1 N–H and O–H groups in total. The summed E-state index contributed by atoms with van der Waals surface area (Å²) in [5.74, 6) is 0.335. The Balaban J connectivity index is 1.80. The van der Waals surface area contributed by atoms with Gasteiger partial charge in [0, 0.05) is 7.05 Å². The van der Waals surface area contributed by atoms with E-state index < -0.39 is 0 Å². The van der Waals surface area contributed by atoms with Gasteiger partial charge in [-0.1, -0.05) is 18.2 Å². The van der Waals surface area contributed by atoms with E-state index in [9.17, 15) is 4.79 Å². The Morgan fingerprint density at radius 2 is 2.09 bits per heavy atom. The van der Waals surface area contributed by atoms with Gasteiger partial charge in [0.25, 0.3) is 5.91 Å². The van der Waals surface area contributed by atoms with E-state index in [-0.39, 0.29) is 11.9 Å². The Labute approximate surface area is 136 Å². The molecule has 1 heterocycles. The molecule has 1 aliphatic carbocycles. The van der Waals surface area contributed by atoms with Crippen LogP contribution in [0.25, 0.3) is 0 Å². The molecule has 122 valence electrons. The second-order valence-corrected chi connectivity index (χ2v) is 6.17. The first-order chi connectivity index (χ1) is 11.0. The summed E-state index contributed by atoms with van der Waals surface area (Å²) in [5, 5.41) is 7.32. The largest absolute Gasteiger partial charge is 0.481 e. The zero-order chi connectivity index (χ0) is 16.6. The average molecular weight is 313 g/mol. The van der Waals surface area contributed by atoms with Crippen LogP contribution in [0.15, 0.2) is 18.2 Å². The molecular formula is C18H23N3O2. The summed E-state index contributed by atoms with van der Waals surface area (Å²) in [5.41, 5.74) is 5.17. The van der Waals surface area contributed by atoms with E-state index in [4.69, 9.17) is 4.74 Å². The standard InChI is InChI=1S/C18H23N3O2/c1-11(14-9-8-13-6-5-7-15(13)10-14)19-17(22)16-12(2)20-21(3)18(16)23-4/h8-11H,5-7H2,1-4H3,(H,19,22)/t11-/m0/s1. The molecule has 0 radical (unpaired) electrons. The van der Waals surface area contributed by atoms with Crippen LogP contribution in [0.5, 0.6) is 5.88 Å². The van der Waals surface area contributed by atoms with Crippen molar-refractivity contribution in [3.63, 3.8) is 0 Å². The van der Waals surface area contributed by atoms with Crippen molar-refractivity contribution in [2.45, 2.75) is 39.2 Å². The molecule has 1 aromatic carbocycles. The van der Waals surface area contributed by atoms with Gasteiger partial charge in [0.2, 0.25) is 5.88 Å². The van der Waals surface area contributed by atoms with Gasteiger partial charge in [0.05, 0.1) is 18.8 Å². The molecule has 5 heteroatoms. The van der Waals surface area contributed by atoms with Crippen molar-refractivity contribution in [1.29, 1.82) is 0 Å².